The number of hydrogen-bond donors (Lipinski definition) is 0. The fourth-order valence-electron chi connectivity index (χ4n) is 7.85. The molecular weight excluding hydrogens is 650 g/mol. The summed E-state index contributed by atoms with van der Waals surface area (Å²) >= 11 is 0. The monoisotopic (exact) mass is 744 g/mol. The van der Waals surface area contributed by atoms with Crippen molar-refractivity contribution in [1.82, 2.24) is 4.90 Å². The van der Waals surface area contributed by atoms with E-state index in [1.807, 2.05) is 0 Å². The smallest absolute Gasteiger partial charge is 0.550 e. The molecule has 300 valence electrons. The molecule has 0 aliphatic heterocycles. The van der Waals surface area contributed by atoms with Crippen molar-refractivity contribution in [3.63, 3.8) is 0 Å². The molecule has 1 unspecified atom stereocenters. The average Bonchev–Trinajstić information content (AvgIpc) is 3.11. The number of unbranched alkanes of at least 4 members (excludes halogenated alkanes) is 36. The van der Waals surface area contributed by atoms with Crippen molar-refractivity contribution in [2.24, 2.45) is 0 Å². The molecule has 0 fully saturated rings. The Labute approximate surface area is 365 Å². The number of carbonyl (C=O) groups excluding carboxylic acids is 1. The first-order chi connectivity index (χ1) is 24.6. The second-order valence-electron chi connectivity index (χ2n) is 16.5. The van der Waals surface area contributed by atoms with Crippen LogP contribution in [-0.2, 0) is 4.79 Å². The van der Waals surface area contributed by atoms with E-state index in [0.717, 1.165) is 19.5 Å². The quantitative estimate of drug-likeness (QED) is 0.0461. The Hall–Kier alpha value is 1.07. The second kappa shape index (κ2) is 47.2. The SMILES string of the molecule is CCCCCCCCCCCCCCCCCCCCCN(CCCCCCCCCCCCCCCCCCCCC)C(C)CCC(=O)[O-].[K+]. The van der Waals surface area contributed by atoms with E-state index in [9.17, 15) is 9.90 Å². The van der Waals surface area contributed by atoms with Gasteiger partial charge in [-0.15, -0.1) is 0 Å². The molecule has 0 aromatic carbocycles. The average molecular weight is 744 g/mol. The molecule has 0 spiro atoms. The summed E-state index contributed by atoms with van der Waals surface area (Å²) in [6.07, 6.45) is 54.7. The van der Waals surface area contributed by atoms with Crippen LogP contribution in [0.1, 0.15) is 278 Å². The first kappa shape index (κ1) is 54.2. The van der Waals surface area contributed by atoms with Crippen LogP contribution in [0.5, 0.6) is 0 Å². The van der Waals surface area contributed by atoms with Gasteiger partial charge < -0.3 is 14.8 Å². The maximum absolute atomic E-state index is 11.1. The van der Waals surface area contributed by atoms with Gasteiger partial charge >= 0.3 is 51.4 Å². The third kappa shape index (κ3) is 45.4. The second-order valence-corrected chi connectivity index (χ2v) is 16.5. The zero-order valence-electron chi connectivity index (χ0n) is 36.0. The van der Waals surface area contributed by atoms with Crippen LogP contribution in [0, 0.1) is 0 Å². The van der Waals surface area contributed by atoms with Gasteiger partial charge in [-0.05, 0) is 45.7 Å². The minimum atomic E-state index is -0.899. The summed E-state index contributed by atoms with van der Waals surface area (Å²) in [6, 6.07) is 0.346. The Morgan fingerprint density at radius 2 is 0.588 bits per heavy atom. The van der Waals surface area contributed by atoms with Crippen molar-refractivity contribution in [2.45, 2.75) is 284 Å². The van der Waals surface area contributed by atoms with Crippen molar-refractivity contribution in [3.8, 4) is 0 Å². The van der Waals surface area contributed by atoms with Gasteiger partial charge in [0.1, 0.15) is 0 Å². The predicted octanol–water partition coefficient (Wildman–Crippen LogP) is 12.1. The first-order valence-corrected chi connectivity index (χ1v) is 23.6. The molecule has 3 nitrogen and oxygen atoms in total. The zero-order chi connectivity index (χ0) is 36.4. The third-order valence-corrected chi connectivity index (χ3v) is 11.5. The number of carboxylic acid groups (broad SMARTS) is 1. The molecule has 0 bridgehead atoms. The van der Waals surface area contributed by atoms with Crippen molar-refractivity contribution < 1.29 is 61.3 Å². The summed E-state index contributed by atoms with van der Waals surface area (Å²) in [6.45, 7) is 9.09. The number of nitrogens with zero attached hydrogens (tertiary/aromatic N) is 1. The van der Waals surface area contributed by atoms with E-state index in [-0.39, 0.29) is 57.8 Å². The molecule has 0 saturated heterocycles. The fourth-order valence-corrected chi connectivity index (χ4v) is 7.85. The third-order valence-electron chi connectivity index (χ3n) is 11.5. The molecule has 0 aromatic heterocycles. The number of carbonyl (C=O) groups is 1. The molecule has 0 aliphatic rings. The number of rotatable bonds is 44. The molecule has 0 rings (SSSR count). The fraction of sp³-hybridized carbons (Fsp3) is 0.979. The van der Waals surface area contributed by atoms with E-state index in [4.69, 9.17) is 0 Å². The van der Waals surface area contributed by atoms with Gasteiger partial charge in [-0.2, -0.15) is 0 Å². The largest absolute Gasteiger partial charge is 1.00 e. The number of carboxylic acids is 1. The van der Waals surface area contributed by atoms with E-state index in [0.29, 0.717) is 6.04 Å². The van der Waals surface area contributed by atoms with Crippen molar-refractivity contribution in [3.05, 3.63) is 0 Å². The first-order valence-electron chi connectivity index (χ1n) is 23.6. The molecule has 1 atom stereocenters. The van der Waals surface area contributed by atoms with Gasteiger partial charge in [0.2, 0.25) is 0 Å². The Morgan fingerprint density at radius 1 is 0.392 bits per heavy atom. The van der Waals surface area contributed by atoms with Gasteiger partial charge in [-0.3, -0.25) is 0 Å². The van der Waals surface area contributed by atoms with E-state index in [2.05, 4.69) is 25.7 Å². The van der Waals surface area contributed by atoms with E-state index >= 15 is 0 Å². The van der Waals surface area contributed by atoms with Crippen LogP contribution in [0.3, 0.4) is 0 Å². The van der Waals surface area contributed by atoms with Crippen molar-refractivity contribution in [2.75, 3.05) is 13.1 Å². The van der Waals surface area contributed by atoms with Crippen LogP contribution in [-0.4, -0.2) is 30.0 Å². The van der Waals surface area contributed by atoms with Crippen LogP contribution in [0.4, 0.5) is 0 Å². The van der Waals surface area contributed by atoms with Crippen LogP contribution < -0.4 is 56.5 Å². The molecule has 0 radical (unpaired) electrons. The van der Waals surface area contributed by atoms with Gasteiger partial charge in [0.25, 0.3) is 0 Å². The standard InChI is InChI=1S/C47H95NO2.K/c1-4-6-8-10-12-14-16-18-20-22-24-26-28-30-32-34-36-38-40-44-48(46(3)42-43-47(49)50)45-41-39-37-35-33-31-29-27-25-23-21-19-17-15-13-11-9-7-5-2;/h46H,4-45H2,1-3H3,(H,49,50);/q;+1/p-1. The van der Waals surface area contributed by atoms with Gasteiger partial charge in [-0.1, -0.05) is 245 Å². The molecule has 51 heavy (non-hydrogen) atoms. The summed E-state index contributed by atoms with van der Waals surface area (Å²) in [4.78, 5) is 13.7. The topological polar surface area (TPSA) is 43.4 Å². The maximum atomic E-state index is 11.1. The Kier molecular flexibility index (Phi) is 50.2. The van der Waals surface area contributed by atoms with Crippen LogP contribution >= 0.6 is 0 Å². The maximum Gasteiger partial charge on any atom is 1.00 e. The Morgan fingerprint density at radius 3 is 0.784 bits per heavy atom. The van der Waals surface area contributed by atoms with Crippen molar-refractivity contribution in [1.29, 1.82) is 0 Å². The van der Waals surface area contributed by atoms with Gasteiger partial charge in [0.15, 0.2) is 0 Å². The number of hydrogen-bond acceptors (Lipinski definition) is 3. The van der Waals surface area contributed by atoms with E-state index in [1.54, 1.807) is 0 Å². The zero-order valence-corrected chi connectivity index (χ0v) is 39.2. The summed E-state index contributed by atoms with van der Waals surface area (Å²) in [5, 5.41) is 11.1. The van der Waals surface area contributed by atoms with E-state index < -0.39 is 5.97 Å². The summed E-state index contributed by atoms with van der Waals surface area (Å²) in [7, 11) is 0. The van der Waals surface area contributed by atoms with Gasteiger partial charge in [0.05, 0.1) is 0 Å². The Bertz CT molecular complexity index is 602. The summed E-state index contributed by atoms with van der Waals surface area (Å²) < 4.78 is 0. The summed E-state index contributed by atoms with van der Waals surface area (Å²) in [5.74, 6) is -0.899. The van der Waals surface area contributed by atoms with Crippen LogP contribution in [0.15, 0.2) is 0 Å². The molecule has 0 amide bonds. The van der Waals surface area contributed by atoms with Gasteiger partial charge in [0, 0.05) is 12.0 Å². The molecule has 0 aromatic rings. The van der Waals surface area contributed by atoms with Crippen LogP contribution in [0.2, 0.25) is 0 Å². The normalized spacial score (nSPS) is 12.1. The summed E-state index contributed by atoms with van der Waals surface area (Å²) in [5.41, 5.74) is 0. The molecule has 0 aliphatic carbocycles. The Balaban J connectivity index is 0. The van der Waals surface area contributed by atoms with Gasteiger partial charge in [-0.25, -0.2) is 0 Å². The minimum absolute atomic E-state index is 0. The molecule has 0 heterocycles. The molecule has 0 N–H and O–H groups in total. The number of aliphatic carboxylic acids is 1. The predicted molar refractivity (Wildman–Crippen MR) is 222 cm³/mol. The van der Waals surface area contributed by atoms with Crippen LogP contribution in [0.25, 0.3) is 0 Å². The molecular formula is C47H94KNO2. The minimum Gasteiger partial charge on any atom is -0.550 e. The van der Waals surface area contributed by atoms with E-state index in [1.165, 1.54) is 244 Å². The van der Waals surface area contributed by atoms with Crippen molar-refractivity contribution >= 4 is 5.97 Å². The molecule has 0 saturated carbocycles. The molecule has 4 heteroatoms.